The molecule has 5 heteroatoms. The van der Waals surface area contributed by atoms with Gasteiger partial charge in [0.1, 0.15) is 11.5 Å². The Balaban J connectivity index is 1.88. The van der Waals surface area contributed by atoms with Crippen molar-refractivity contribution in [3.63, 3.8) is 0 Å². The molecule has 24 heavy (non-hydrogen) atoms. The molecular formula is C19H24N2O3. The van der Waals surface area contributed by atoms with E-state index in [1.165, 1.54) is 0 Å². The minimum Gasteiger partial charge on any atom is -0.496 e. The predicted octanol–water partition coefficient (Wildman–Crippen LogP) is 3.85. The lowest BCUT2D eigenvalue weighted by Gasteiger charge is -2.15. The molecule has 0 saturated heterocycles. The van der Waals surface area contributed by atoms with Crippen molar-refractivity contribution in [2.75, 3.05) is 19.0 Å². The minimum atomic E-state index is -0.260. The van der Waals surface area contributed by atoms with Gasteiger partial charge in [-0.25, -0.2) is 4.79 Å². The molecule has 0 saturated carbocycles. The maximum absolute atomic E-state index is 12.1. The molecule has 0 spiro atoms. The first-order valence-electron chi connectivity index (χ1n) is 8.02. The van der Waals surface area contributed by atoms with Crippen LogP contribution in [0.1, 0.15) is 19.4 Å². The molecule has 2 rings (SSSR count). The number of para-hydroxylation sites is 3. The number of benzene rings is 2. The Morgan fingerprint density at radius 2 is 1.71 bits per heavy atom. The minimum absolute atomic E-state index is 0.0431. The first kappa shape index (κ1) is 17.7. The van der Waals surface area contributed by atoms with Crippen LogP contribution < -0.4 is 20.1 Å². The van der Waals surface area contributed by atoms with Gasteiger partial charge in [0.05, 0.1) is 18.9 Å². The van der Waals surface area contributed by atoms with Gasteiger partial charge in [-0.1, -0.05) is 30.3 Å². The third kappa shape index (κ3) is 5.19. The Morgan fingerprint density at radius 1 is 1.04 bits per heavy atom. The number of methoxy groups -OCH3 is 1. The van der Waals surface area contributed by atoms with E-state index in [0.717, 1.165) is 11.3 Å². The number of carbonyl (C=O) groups is 1. The molecular weight excluding hydrogens is 304 g/mol. The first-order chi connectivity index (χ1) is 11.6. The maximum atomic E-state index is 12.1. The molecule has 0 aliphatic carbocycles. The Morgan fingerprint density at radius 3 is 2.42 bits per heavy atom. The Hall–Kier alpha value is -2.69. The second-order valence-corrected chi connectivity index (χ2v) is 5.61. The summed E-state index contributed by atoms with van der Waals surface area (Å²) in [4.78, 5) is 12.1. The smallest absolute Gasteiger partial charge is 0.319 e. The summed E-state index contributed by atoms with van der Waals surface area (Å²) in [6, 6.07) is 14.9. The molecule has 0 radical (unpaired) electrons. The number of urea groups is 1. The van der Waals surface area contributed by atoms with Gasteiger partial charge >= 0.3 is 6.03 Å². The summed E-state index contributed by atoms with van der Waals surface area (Å²) in [5.74, 6) is 1.49. The van der Waals surface area contributed by atoms with Crippen molar-refractivity contribution in [1.29, 1.82) is 0 Å². The van der Waals surface area contributed by atoms with Crippen LogP contribution in [0.4, 0.5) is 10.5 Å². The number of hydrogen-bond acceptors (Lipinski definition) is 3. The Labute approximate surface area is 143 Å². The number of amides is 2. The lowest BCUT2D eigenvalue weighted by atomic mass is 10.1. The molecule has 0 unspecified atom stereocenters. The van der Waals surface area contributed by atoms with E-state index in [0.29, 0.717) is 24.4 Å². The molecule has 2 amide bonds. The number of hydrogen-bond donors (Lipinski definition) is 2. The highest BCUT2D eigenvalue weighted by atomic mass is 16.5. The maximum Gasteiger partial charge on any atom is 0.319 e. The summed E-state index contributed by atoms with van der Waals surface area (Å²) >= 11 is 0. The average molecular weight is 328 g/mol. The lowest BCUT2D eigenvalue weighted by molar-refractivity contribution is 0.241. The van der Waals surface area contributed by atoms with Gasteiger partial charge in [0.15, 0.2) is 0 Å². The van der Waals surface area contributed by atoms with Crippen LogP contribution in [0, 0.1) is 0 Å². The van der Waals surface area contributed by atoms with E-state index < -0.39 is 0 Å². The van der Waals surface area contributed by atoms with Crippen LogP contribution in [-0.4, -0.2) is 25.8 Å². The first-order valence-corrected chi connectivity index (χ1v) is 8.02. The van der Waals surface area contributed by atoms with Crippen molar-refractivity contribution < 1.29 is 14.3 Å². The van der Waals surface area contributed by atoms with E-state index in [-0.39, 0.29) is 12.1 Å². The number of ether oxygens (including phenoxy) is 2. The number of nitrogens with one attached hydrogen (secondary N) is 2. The molecule has 0 aliphatic rings. The monoisotopic (exact) mass is 328 g/mol. The number of carbonyl (C=O) groups excluding carboxylic acids is 1. The summed E-state index contributed by atoms with van der Waals surface area (Å²) in [7, 11) is 1.64. The van der Waals surface area contributed by atoms with E-state index in [9.17, 15) is 4.79 Å². The fraction of sp³-hybridized carbons (Fsp3) is 0.316. The van der Waals surface area contributed by atoms with Gasteiger partial charge in [-0.3, -0.25) is 0 Å². The Bertz CT molecular complexity index is 671. The molecule has 0 fully saturated rings. The highest BCUT2D eigenvalue weighted by Crippen LogP contribution is 2.24. The van der Waals surface area contributed by atoms with E-state index in [1.54, 1.807) is 7.11 Å². The highest BCUT2D eigenvalue weighted by molar-refractivity contribution is 5.90. The van der Waals surface area contributed by atoms with Crippen molar-refractivity contribution in [3.8, 4) is 11.5 Å². The molecule has 2 N–H and O–H groups in total. The fourth-order valence-electron chi connectivity index (χ4n) is 2.31. The normalized spacial score (nSPS) is 10.3. The second-order valence-electron chi connectivity index (χ2n) is 5.61. The summed E-state index contributed by atoms with van der Waals surface area (Å²) in [6.45, 7) is 4.41. The fourth-order valence-corrected chi connectivity index (χ4v) is 2.31. The Kier molecular flexibility index (Phi) is 6.49. The number of rotatable bonds is 7. The molecule has 0 aromatic heterocycles. The van der Waals surface area contributed by atoms with E-state index in [1.807, 2.05) is 62.4 Å². The van der Waals surface area contributed by atoms with Gasteiger partial charge < -0.3 is 20.1 Å². The average Bonchev–Trinajstić information content (AvgIpc) is 2.56. The summed E-state index contributed by atoms with van der Waals surface area (Å²) in [5, 5.41) is 5.67. The third-order valence-electron chi connectivity index (χ3n) is 3.37. The zero-order chi connectivity index (χ0) is 17.4. The van der Waals surface area contributed by atoms with Gasteiger partial charge in [0.25, 0.3) is 0 Å². The molecule has 2 aromatic carbocycles. The van der Waals surface area contributed by atoms with Crippen molar-refractivity contribution in [2.24, 2.45) is 0 Å². The van der Waals surface area contributed by atoms with Gasteiger partial charge in [0.2, 0.25) is 0 Å². The molecule has 0 bridgehead atoms. The van der Waals surface area contributed by atoms with Crippen LogP contribution in [0.15, 0.2) is 48.5 Å². The summed E-state index contributed by atoms with van der Waals surface area (Å²) in [6.07, 6.45) is 0.739. The van der Waals surface area contributed by atoms with Gasteiger partial charge in [-0.05, 0) is 44.0 Å². The van der Waals surface area contributed by atoms with Crippen molar-refractivity contribution in [3.05, 3.63) is 54.1 Å². The predicted molar refractivity (Wildman–Crippen MR) is 95.9 cm³/mol. The molecule has 0 atom stereocenters. The summed E-state index contributed by atoms with van der Waals surface area (Å²) < 4.78 is 11.0. The topological polar surface area (TPSA) is 59.6 Å². The molecule has 0 heterocycles. The lowest BCUT2D eigenvalue weighted by Crippen LogP contribution is -2.30. The van der Waals surface area contributed by atoms with Gasteiger partial charge in [0, 0.05) is 6.54 Å². The third-order valence-corrected chi connectivity index (χ3v) is 3.37. The largest absolute Gasteiger partial charge is 0.496 e. The van der Waals surface area contributed by atoms with Crippen LogP contribution in [0.5, 0.6) is 11.5 Å². The summed E-state index contributed by atoms with van der Waals surface area (Å²) in [5.41, 5.74) is 1.71. The standard InChI is InChI=1S/C19H24N2O3/c1-14(2)24-18-11-7-5-9-16(18)21-19(22)20-13-12-15-8-4-6-10-17(15)23-3/h4-11,14H,12-13H2,1-3H3,(H2,20,21,22). The molecule has 0 aliphatic heterocycles. The van der Waals surface area contributed by atoms with Crippen molar-refractivity contribution in [2.45, 2.75) is 26.4 Å². The van der Waals surface area contributed by atoms with E-state index in [4.69, 9.17) is 9.47 Å². The number of anilines is 1. The van der Waals surface area contributed by atoms with Crippen molar-refractivity contribution >= 4 is 11.7 Å². The van der Waals surface area contributed by atoms with Crippen LogP contribution in [0.25, 0.3) is 0 Å². The highest BCUT2D eigenvalue weighted by Gasteiger charge is 2.09. The quantitative estimate of drug-likeness (QED) is 0.812. The molecule has 2 aromatic rings. The molecule has 128 valence electrons. The zero-order valence-corrected chi connectivity index (χ0v) is 14.3. The molecule has 5 nitrogen and oxygen atoms in total. The van der Waals surface area contributed by atoms with Crippen LogP contribution in [-0.2, 0) is 6.42 Å². The van der Waals surface area contributed by atoms with Crippen LogP contribution >= 0.6 is 0 Å². The van der Waals surface area contributed by atoms with Crippen LogP contribution in [0.2, 0.25) is 0 Å². The zero-order valence-electron chi connectivity index (χ0n) is 14.3. The van der Waals surface area contributed by atoms with Gasteiger partial charge in [-0.15, -0.1) is 0 Å². The SMILES string of the molecule is COc1ccccc1CCNC(=O)Nc1ccccc1OC(C)C. The van der Waals surface area contributed by atoms with E-state index >= 15 is 0 Å². The second kappa shape index (κ2) is 8.82. The van der Waals surface area contributed by atoms with Crippen LogP contribution in [0.3, 0.4) is 0 Å². The van der Waals surface area contributed by atoms with Crippen molar-refractivity contribution in [1.82, 2.24) is 5.32 Å². The van der Waals surface area contributed by atoms with Gasteiger partial charge in [-0.2, -0.15) is 0 Å². The van der Waals surface area contributed by atoms with E-state index in [2.05, 4.69) is 10.6 Å².